The number of amides is 1. The SMILES string of the molecule is Cc1c(Cl)ccc2c(=O)c3c([nH]c12)CCN(CC(=O)NCc1ccccc1Cl)C3. The van der Waals surface area contributed by atoms with E-state index in [9.17, 15) is 9.59 Å². The van der Waals surface area contributed by atoms with Gasteiger partial charge in [-0.25, -0.2) is 0 Å². The van der Waals surface area contributed by atoms with Crippen LogP contribution in [0.15, 0.2) is 41.2 Å². The first-order chi connectivity index (χ1) is 13.9. The minimum atomic E-state index is -0.0896. The number of H-pyrrole nitrogens is 1. The van der Waals surface area contributed by atoms with Gasteiger partial charge < -0.3 is 10.3 Å². The largest absolute Gasteiger partial charge is 0.358 e. The molecule has 2 N–H and O–H groups in total. The van der Waals surface area contributed by atoms with Gasteiger partial charge in [-0.15, -0.1) is 0 Å². The van der Waals surface area contributed by atoms with Gasteiger partial charge in [0.25, 0.3) is 0 Å². The van der Waals surface area contributed by atoms with Gasteiger partial charge >= 0.3 is 0 Å². The quantitative estimate of drug-likeness (QED) is 0.662. The molecule has 1 aliphatic heterocycles. The second-order valence-corrected chi connectivity index (χ2v) is 8.15. The fourth-order valence-electron chi connectivity index (χ4n) is 3.75. The first-order valence-corrected chi connectivity index (χ1v) is 10.2. The molecule has 3 aromatic rings. The van der Waals surface area contributed by atoms with Crippen molar-refractivity contribution in [3.8, 4) is 0 Å². The summed E-state index contributed by atoms with van der Waals surface area (Å²) in [7, 11) is 0. The van der Waals surface area contributed by atoms with Crippen molar-refractivity contribution in [3.63, 3.8) is 0 Å². The highest BCUT2D eigenvalue weighted by Crippen LogP contribution is 2.25. The van der Waals surface area contributed by atoms with Crippen LogP contribution >= 0.6 is 23.2 Å². The third kappa shape index (κ3) is 4.04. The second kappa shape index (κ2) is 8.19. The van der Waals surface area contributed by atoms with Gasteiger partial charge in [0.2, 0.25) is 5.91 Å². The summed E-state index contributed by atoms with van der Waals surface area (Å²) in [6, 6.07) is 11.0. The molecule has 0 fully saturated rings. The number of fused-ring (bicyclic) bond motifs is 2. The highest BCUT2D eigenvalue weighted by Gasteiger charge is 2.23. The van der Waals surface area contributed by atoms with Crippen molar-refractivity contribution in [2.45, 2.75) is 26.4 Å². The lowest BCUT2D eigenvalue weighted by molar-refractivity contribution is -0.122. The number of carbonyl (C=O) groups excluding carboxylic acids is 1. The number of hydrogen-bond donors (Lipinski definition) is 2. The van der Waals surface area contributed by atoms with Crippen molar-refractivity contribution in [3.05, 3.63) is 79.1 Å². The number of nitrogens with one attached hydrogen (secondary N) is 2. The van der Waals surface area contributed by atoms with Crippen LogP contribution in [-0.2, 0) is 24.3 Å². The van der Waals surface area contributed by atoms with E-state index in [1.54, 1.807) is 18.2 Å². The lowest BCUT2D eigenvalue weighted by Crippen LogP contribution is -2.41. The number of rotatable bonds is 4. The molecular formula is C22H21Cl2N3O2. The number of pyridine rings is 1. The number of aryl methyl sites for hydroxylation is 1. The summed E-state index contributed by atoms with van der Waals surface area (Å²) in [6.45, 7) is 3.68. The molecular weight excluding hydrogens is 409 g/mol. The standard InChI is InChI=1S/C22H21Cl2N3O2/c1-13-17(23)7-6-15-21(13)26-19-8-9-27(11-16(19)22(15)29)12-20(28)25-10-14-4-2-3-5-18(14)24/h2-7H,8-12H2,1H3,(H,25,28)(H,26,29). The fourth-order valence-corrected chi connectivity index (χ4v) is 4.11. The summed E-state index contributed by atoms with van der Waals surface area (Å²) in [6.07, 6.45) is 0.685. The van der Waals surface area contributed by atoms with Gasteiger partial charge in [-0.3, -0.25) is 14.5 Å². The zero-order valence-electron chi connectivity index (χ0n) is 16.0. The molecule has 7 heteroatoms. The van der Waals surface area contributed by atoms with Gasteiger partial charge in [0.1, 0.15) is 0 Å². The normalized spacial score (nSPS) is 14.0. The molecule has 1 amide bonds. The molecule has 5 nitrogen and oxygen atoms in total. The average molecular weight is 430 g/mol. The topological polar surface area (TPSA) is 65.2 Å². The minimum absolute atomic E-state index is 0.00897. The number of carbonyl (C=O) groups is 1. The molecule has 1 aliphatic rings. The molecule has 0 aliphatic carbocycles. The lowest BCUT2D eigenvalue weighted by atomic mass is 10.0. The van der Waals surface area contributed by atoms with E-state index in [0.717, 1.165) is 27.9 Å². The van der Waals surface area contributed by atoms with Crippen LogP contribution in [0.2, 0.25) is 10.0 Å². The van der Waals surface area contributed by atoms with E-state index in [1.165, 1.54) is 0 Å². The number of benzene rings is 2. The molecule has 1 aromatic heterocycles. The van der Waals surface area contributed by atoms with Crippen LogP contribution in [0.4, 0.5) is 0 Å². The Morgan fingerprint density at radius 2 is 1.97 bits per heavy atom. The van der Waals surface area contributed by atoms with Crippen LogP contribution in [0.5, 0.6) is 0 Å². The second-order valence-electron chi connectivity index (χ2n) is 7.33. The van der Waals surface area contributed by atoms with Crippen LogP contribution in [0, 0.1) is 6.92 Å². The molecule has 0 atom stereocenters. The van der Waals surface area contributed by atoms with Crippen LogP contribution in [0.3, 0.4) is 0 Å². The Morgan fingerprint density at radius 1 is 1.17 bits per heavy atom. The van der Waals surface area contributed by atoms with E-state index in [-0.39, 0.29) is 17.9 Å². The summed E-state index contributed by atoms with van der Waals surface area (Å²) in [4.78, 5) is 30.8. The predicted molar refractivity (Wildman–Crippen MR) is 117 cm³/mol. The van der Waals surface area contributed by atoms with Crippen LogP contribution in [0.1, 0.15) is 22.4 Å². The Kier molecular flexibility index (Phi) is 5.63. The molecule has 2 aromatic carbocycles. The average Bonchev–Trinajstić information content (AvgIpc) is 2.71. The monoisotopic (exact) mass is 429 g/mol. The van der Waals surface area contributed by atoms with E-state index in [0.29, 0.717) is 41.5 Å². The van der Waals surface area contributed by atoms with E-state index in [1.807, 2.05) is 30.0 Å². The maximum Gasteiger partial charge on any atom is 0.234 e. The number of halogens is 2. The summed E-state index contributed by atoms with van der Waals surface area (Å²) in [5.41, 5.74) is 4.22. The molecule has 0 saturated carbocycles. The number of nitrogens with zero attached hydrogens (tertiary/aromatic N) is 1. The zero-order valence-corrected chi connectivity index (χ0v) is 17.5. The zero-order chi connectivity index (χ0) is 20.5. The van der Waals surface area contributed by atoms with Gasteiger partial charge in [-0.1, -0.05) is 41.4 Å². The van der Waals surface area contributed by atoms with Gasteiger partial charge in [0, 0.05) is 52.7 Å². The van der Waals surface area contributed by atoms with Crippen molar-refractivity contribution >= 4 is 40.0 Å². The van der Waals surface area contributed by atoms with Gasteiger partial charge in [0.05, 0.1) is 12.1 Å². The van der Waals surface area contributed by atoms with Gasteiger partial charge in [-0.2, -0.15) is 0 Å². The van der Waals surface area contributed by atoms with Crippen molar-refractivity contribution in [1.82, 2.24) is 15.2 Å². The van der Waals surface area contributed by atoms with Crippen molar-refractivity contribution < 1.29 is 4.79 Å². The number of aromatic amines is 1. The maximum atomic E-state index is 13.0. The number of aromatic nitrogens is 1. The van der Waals surface area contributed by atoms with E-state index >= 15 is 0 Å². The van der Waals surface area contributed by atoms with Crippen LogP contribution < -0.4 is 10.7 Å². The molecule has 150 valence electrons. The summed E-state index contributed by atoms with van der Waals surface area (Å²) in [5.74, 6) is -0.0896. The Labute approximate surface area is 178 Å². The summed E-state index contributed by atoms with van der Waals surface area (Å²) < 4.78 is 0. The minimum Gasteiger partial charge on any atom is -0.358 e. The first-order valence-electron chi connectivity index (χ1n) is 9.49. The van der Waals surface area contributed by atoms with Crippen molar-refractivity contribution in [2.75, 3.05) is 13.1 Å². The molecule has 0 radical (unpaired) electrons. The molecule has 2 heterocycles. The highest BCUT2D eigenvalue weighted by atomic mass is 35.5. The molecule has 0 saturated heterocycles. The summed E-state index contributed by atoms with van der Waals surface area (Å²) in [5, 5.41) is 4.81. The van der Waals surface area contributed by atoms with E-state index in [2.05, 4.69) is 10.3 Å². The Bertz CT molecular complexity index is 1160. The molecule has 0 unspecified atom stereocenters. The van der Waals surface area contributed by atoms with E-state index in [4.69, 9.17) is 23.2 Å². The third-order valence-electron chi connectivity index (χ3n) is 5.42. The first kappa shape index (κ1) is 20.0. The highest BCUT2D eigenvalue weighted by molar-refractivity contribution is 6.32. The van der Waals surface area contributed by atoms with Crippen molar-refractivity contribution in [2.24, 2.45) is 0 Å². The molecule has 29 heavy (non-hydrogen) atoms. The Balaban J connectivity index is 1.48. The van der Waals surface area contributed by atoms with Gasteiger partial charge in [-0.05, 0) is 36.2 Å². The molecule has 0 spiro atoms. The third-order valence-corrected chi connectivity index (χ3v) is 6.20. The summed E-state index contributed by atoms with van der Waals surface area (Å²) >= 11 is 12.3. The predicted octanol–water partition coefficient (Wildman–Crippen LogP) is 3.82. The smallest absolute Gasteiger partial charge is 0.234 e. The van der Waals surface area contributed by atoms with Gasteiger partial charge in [0.15, 0.2) is 5.43 Å². The fraction of sp³-hybridized carbons (Fsp3) is 0.273. The van der Waals surface area contributed by atoms with Crippen molar-refractivity contribution in [1.29, 1.82) is 0 Å². The van der Waals surface area contributed by atoms with Crippen LogP contribution in [-0.4, -0.2) is 28.9 Å². The van der Waals surface area contributed by atoms with E-state index < -0.39 is 0 Å². The molecule has 4 rings (SSSR count). The Morgan fingerprint density at radius 3 is 2.76 bits per heavy atom. The molecule has 0 bridgehead atoms. The lowest BCUT2D eigenvalue weighted by Gasteiger charge is -2.28. The Hall–Kier alpha value is -2.34. The number of hydrogen-bond acceptors (Lipinski definition) is 3. The maximum absolute atomic E-state index is 13.0. The van der Waals surface area contributed by atoms with Crippen LogP contribution in [0.25, 0.3) is 10.9 Å².